The molecule has 2 saturated heterocycles. The Hall–Kier alpha value is -4.84. The predicted octanol–water partition coefficient (Wildman–Crippen LogP) is 3.07. The Morgan fingerprint density at radius 2 is 1.55 bits per heavy atom. The van der Waals surface area contributed by atoms with Crippen LogP contribution in [0.2, 0.25) is 0 Å². The van der Waals surface area contributed by atoms with Crippen molar-refractivity contribution in [1.29, 1.82) is 0 Å². The van der Waals surface area contributed by atoms with Crippen molar-refractivity contribution in [1.82, 2.24) is 36.0 Å². The van der Waals surface area contributed by atoms with E-state index < -0.39 is 53.1 Å². The van der Waals surface area contributed by atoms with Crippen LogP contribution in [-0.2, 0) is 35.2 Å². The minimum absolute atomic E-state index is 0.0407. The summed E-state index contributed by atoms with van der Waals surface area (Å²) >= 11 is 13.7. The SMILES string of the molecule is C#CCN(CC(N)=O)C(=O)C(C)(C)CN(CCC)C(=O)C(C)(C)N(CC#C)C(=O)C(CNC(=O)CCCc1ccc(N(CCCl)CCCl)cc1)NC(=O)CCCC[C@@H]1SC[C@@H]2NC(=O)NC21. The summed E-state index contributed by atoms with van der Waals surface area (Å²) in [5, 5.41) is 11.8. The Balaban J connectivity index is 1.77. The number of alkyl halides is 2. The third-order valence-electron chi connectivity index (χ3n) is 11.7. The molecule has 1 aromatic rings. The molecule has 2 fully saturated rings. The molecule has 0 bridgehead atoms. The molecule has 3 rings (SSSR count). The minimum Gasteiger partial charge on any atom is -0.369 e. The van der Waals surface area contributed by atoms with Gasteiger partial charge < -0.3 is 46.6 Å². The van der Waals surface area contributed by atoms with Crippen LogP contribution in [0.3, 0.4) is 0 Å². The maximum Gasteiger partial charge on any atom is 0.315 e. The number of aryl methyl sites for hydroxylation is 1. The third kappa shape index (κ3) is 16.5. The van der Waals surface area contributed by atoms with Crippen molar-refractivity contribution in [3.8, 4) is 24.7 Å². The zero-order valence-corrected chi connectivity index (χ0v) is 41.4. The van der Waals surface area contributed by atoms with Gasteiger partial charge in [-0.3, -0.25) is 28.8 Å². The Labute approximate surface area is 405 Å². The number of halogens is 2. The number of urea groups is 1. The maximum atomic E-state index is 14.7. The van der Waals surface area contributed by atoms with Gasteiger partial charge in [-0.2, -0.15) is 11.8 Å². The zero-order valence-electron chi connectivity index (χ0n) is 39.1. The van der Waals surface area contributed by atoms with Crippen LogP contribution in [0.1, 0.15) is 85.1 Å². The van der Waals surface area contributed by atoms with Crippen molar-refractivity contribution in [2.24, 2.45) is 11.1 Å². The smallest absolute Gasteiger partial charge is 0.315 e. The van der Waals surface area contributed by atoms with Crippen LogP contribution in [-0.4, -0.2) is 155 Å². The van der Waals surface area contributed by atoms with E-state index in [1.54, 1.807) is 39.5 Å². The number of nitrogens with two attached hydrogens (primary N) is 1. The summed E-state index contributed by atoms with van der Waals surface area (Å²) in [6, 6.07) is 6.68. The molecular weight excluding hydrogens is 906 g/mol. The number of benzene rings is 1. The number of fused-ring (bicyclic) bond motifs is 1. The Morgan fingerprint density at radius 1 is 0.894 bits per heavy atom. The average Bonchev–Trinajstić information content (AvgIpc) is 3.83. The first kappa shape index (κ1) is 55.5. The molecule has 0 spiro atoms. The summed E-state index contributed by atoms with van der Waals surface area (Å²) in [7, 11) is 0. The molecule has 2 aliphatic heterocycles. The van der Waals surface area contributed by atoms with E-state index in [0.29, 0.717) is 57.0 Å². The summed E-state index contributed by atoms with van der Waals surface area (Å²) in [5.41, 5.74) is 4.61. The molecule has 66 heavy (non-hydrogen) atoms. The molecule has 0 radical (unpaired) electrons. The first-order chi connectivity index (χ1) is 31.3. The van der Waals surface area contributed by atoms with E-state index in [4.69, 9.17) is 41.8 Å². The van der Waals surface area contributed by atoms with Gasteiger partial charge >= 0.3 is 6.03 Å². The number of rotatable bonds is 29. The van der Waals surface area contributed by atoms with Gasteiger partial charge in [0.15, 0.2) is 0 Å². The van der Waals surface area contributed by atoms with Crippen LogP contribution >= 0.6 is 35.0 Å². The van der Waals surface area contributed by atoms with Gasteiger partial charge in [0.25, 0.3) is 0 Å². The summed E-state index contributed by atoms with van der Waals surface area (Å²) < 4.78 is 0. The van der Waals surface area contributed by atoms with Crippen LogP contribution in [0, 0.1) is 30.1 Å². The lowest BCUT2D eigenvalue weighted by Gasteiger charge is -2.43. The van der Waals surface area contributed by atoms with E-state index in [1.165, 1.54) is 9.80 Å². The lowest BCUT2D eigenvalue weighted by atomic mass is 9.89. The second kappa shape index (κ2) is 27.1. The molecule has 6 N–H and O–H groups in total. The van der Waals surface area contributed by atoms with Crippen molar-refractivity contribution < 1.29 is 33.6 Å². The van der Waals surface area contributed by atoms with Gasteiger partial charge in [-0.25, -0.2) is 4.79 Å². The van der Waals surface area contributed by atoms with Crippen molar-refractivity contribution in [3.05, 3.63) is 29.8 Å². The molecule has 16 nitrogen and oxygen atoms in total. The molecule has 2 aliphatic rings. The fraction of sp³-hybridized carbons (Fsp3) is 0.638. The standard InChI is InChI=1S/C47H69Cl2N9O7S/c1-8-24-56(30-38(50)59)43(63)46(4,5)32-57(25-9-2)44(64)47(6,7)58(26-10-3)42(62)35(52-40(61)16-12-11-15-37-41-36(31-66-37)53-45(65)54-41)29-51-39(60)17-13-14-33-18-20-34(21-19-33)55(27-22-48)28-23-49/h1,3,18-21,35-37,41H,9,11-17,22-32H2,2,4-7H3,(H2,50,59)(H,51,60)(H,52,61)(H2,53,54,65)/t35?,36-,37-,41?/m0/s1. The van der Waals surface area contributed by atoms with E-state index >= 15 is 0 Å². The van der Waals surface area contributed by atoms with Crippen molar-refractivity contribution in [3.63, 3.8) is 0 Å². The number of nitrogens with one attached hydrogen (secondary N) is 4. The Morgan fingerprint density at radius 3 is 2.15 bits per heavy atom. The van der Waals surface area contributed by atoms with Crippen LogP contribution in [0.4, 0.5) is 10.5 Å². The van der Waals surface area contributed by atoms with Crippen LogP contribution in [0.5, 0.6) is 0 Å². The highest BCUT2D eigenvalue weighted by Gasteiger charge is 2.45. The molecular formula is C47H69Cl2N9O7S. The van der Waals surface area contributed by atoms with Gasteiger partial charge in [0.05, 0.1) is 30.6 Å². The number of unbranched alkanes of at least 4 members (excludes halogenated alkanes) is 1. The van der Waals surface area contributed by atoms with E-state index in [0.717, 1.165) is 28.3 Å². The second-order valence-corrected chi connectivity index (χ2v) is 19.8. The van der Waals surface area contributed by atoms with Gasteiger partial charge in [0.2, 0.25) is 35.4 Å². The lowest BCUT2D eigenvalue weighted by molar-refractivity contribution is -0.155. The second-order valence-electron chi connectivity index (χ2n) is 17.8. The fourth-order valence-electron chi connectivity index (χ4n) is 8.27. The monoisotopic (exact) mass is 973 g/mol. The number of carbonyl (C=O) groups excluding carboxylic acids is 7. The maximum absolute atomic E-state index is 14.7. The van der Waals surface area contributed by atoms with Gasteiger partial charge in [-0.15, -0.1) is 36.0 Å². The summed E-state index contributed by atoms with van der Waals surface area (Å²) in [5.74, 6) is 3.45. The minimum atomic E-state index is -1.60. The largest absolute Gasteiger partial charge is 0.369 e. The van der Waals surface area contributed by atoms with E-state index in [-0.39, 0.29) is 74.8 Å². The number of nitrogens with zero attached hydrogens (tertiary/aromatic N) is 4. The fourth-order valence-corrected chi connectivity index (χ4v) is 10.2. The quantitative estimate of drug-likeness (QED) is 0.0346. The van der Waals surface area contributed by atoms with E-state index in [9.17, 15) is 33.6 Å². The molecule has 2 unspecified atom stereocenters. The van der Waals surface area contributed by atoms with Crippen LogP contribution in [0.25, 0.3) is 0 Å². The Kier molecular flexibility index (Phi) is 22.8. The molecule has 19 heteroatoms. The van der Waals surface area contributed by atoms with Crippen molar-refractivity contribution in [2.75, 3.05) is 74.8 Å². The van der Waals surface area contributed by atoms with Gasteiger partial charge in [0.1, 0.15) is 18.1 Å². The highest BCUT2D eigenvalue weighted by Crippen LogP contribution is 2.33. The van der Waals surface area contributed by atoms with Crippen LogP contribution in [0.15, 0.2) is 24.3 Å². The summed E-state index contributed by atoms with van der Waals surface area (Å²) in [6.07, 6.45) is 15.2. The molecule has 4 atom stereocenters. The molecule has 0 aliphatic carbocycles. The van der Waals surface area contributed by atoms with Gasteiger partial charge in [0, 0.05) is 74.0 Å². The first-order valence-electron chi connectivity index (χ1n) is 22.6. The Bertz CT molecular complexity index is 1920. The summed E-state index contributed by atoms with van der Waals surface area (Å²) in [6.45, 7) is 8.53. The number of primary amides is 1. The number of thioether (sulfide) groups is 1. The van der Waals surface area contributed by atoms with Gasteiger partial charge in [-0.05, 0) is 77.5 Å². The molecule has 0 saturated carbocycles. The van der Waals surface area contributed by atoms with Gasteiger partial charge in [-0.1, -0.05) is 37.3 Å². The zero-order chi connectivity index (χ0) is 49.0. The highest BCUT2D eigenvalue weighted by molar-refractivity contribution is 8.00. The lowest BCUT2D eigenvalue weighted by Crippen LogP contribution is -2.64. The topological polar surface area (TPSA) is 207 Å². The van der Waals surface area contributed by atoms with Crippen molar-refractivity contribution >= 4 is 82.1 Å². The summed E-state index contributed by atoms with van der Waals surface area (Å²) in [4.78, 5) is 99.4. The van der Waals surface area contributed by atoms with E-state index in [1.807, 2.05) is 31.2 Å². The molecule has 0 aromatic heterocycles. The van der Waals surface area contributed by atoms with Crippen LogP contribution < -0.4 is 31.9 Å². The molecule has 8 amide bonds. The predicted molar refractivity (Wildman–Crippen MR) is 262 cm³/mol. The molecule has 2 heterocycles. The number of hydrogen-bond donors (Lipinski definition) is 5. The normalized spacial score (nSPS) is 16.9. The highest BCUT2D eigenvalue weighted by atomic mass is 35.5. The number of carbonyl (C=O) groups is 7. The number of amides is 8. The average molecular weight is 975 g/mol. The first-order valence-corrected chi connectivity index (χ1v) is 24.7. The number of hydrogen-bond acceptors (Lipinski definition) is 9. The number of anilines is 1. The van der Waals surface area contributed by atoms with Crippen molar-refractivity contribution in [2.45, 2.75) is 115 Å². The number of terminal acetylenes is 2. The van der Waals surface area contributed by atoms with E-state index in [2.05, 4.69) is 38.0 Å². The third-order valence-corrected chi connectivity index (χ3v) is 13.5. The molecule has 364 valence electrons. The molecule has 1 aromatic carbocycles.